The summed E-state index contributed by atoms with van der Waals surface area (Å²) >= 11 is 14.0. The van der Waals surface area contributed by atoms with E-state index in [1.807, 2.05) is 4.72 Å². The summed E-state index contributed by atoms with van der Waals surface area (Å²) in [5.74, 6) is -4.27. The van der Waals surface area contributed by atoms with Crippen molar-refractivity contribution in [2.75, 3.05) is 32.6 Å². The van der Waals surface area contributed by atoms with Gasteiger partial charge < -0.3 is 28.8 Å². The Balaban J connectivity index is 0.00000121. The van der Waals surface area contributed by atoms with Crippen LogP contribution < -0.4 is 61.6 Å². The standard InChI is InChI=1S/C24H28Cl2FN8O7PS2.C2HF3O2/c25-18-15-10-17(45(38,39)35-12-43(36,37)42-14-4-3-13(11-28)16(27)9-14)44-22(15)19(26)21(41-8-2-6-34-24(31)32)20(18)40-7-1-5-33-23(29)30;3-2(4,5)1(6)7/h3-4,9-10,35H,1-2,5-8,12H2,(H,36,37)(H4,29,30,33)(H4,31,32,34);(H,6,7). The van der Waals surface area contributed by atoms with Crippen molar-refractivity contribution in [2.45, 2.75) is 23.2 Å². The van der Waals surface area contributed by atoms with Gasteiger partial charge in [0.1, 0.15) is 32.8 Å². The van der Waals surface area contributed by atoms with Gasteiger partial charge in [-0.25, -0.2) is 17.5 Å². The van der Waals surface area contributed by atoms with Crippen LogP contribution in [-0.2, 0) is 19.4 Å². The van der Waals surface area contributed by atoms with E-state index in [4.69, 9.17) is 75.3 Å². The number of fused-ring (bicyclic) bond motifs is 1. The minimum Gasteiger partial charge on any atom is -0.768 e. The minimum atomic E-state index is -5.19. The molecule has 17 nitrogen and oxygen atoms in total. The summed E-state index contributed by atoms with van der Waals surface area (Å²) in [4.78, 5) is 26.7. The molecular weight excluding hydrogens is 810 g/mol. The van der Waals surface area contributed by atoms with Crippen molar-refractivity contribution in [3.05, 3.63) is 45.7 Å². The Morgan fingerprint density at radius 3 is 2.00 bits per heavy atom. The first-order valence-corrected chi connectivity index (χ1v) is 18.8. The fourth-order valence-electron chi connectivity index (χ4n) is 3.54. The fraction of sp³-hybridized carbons (Fsp3) is 0.308. The first-order valence-electron chi connectivity index (χ1n) is 14.0. The molecule has 0 aliphatic heterocycles. The molecule has 0 saturated carbocycles. The van der Waals surface area contributed by atoms with Gasteiger partial charge >= 0.3 is 18.1 Å². The van der Waals surface area contributed by atoms with E-state index in [9.17, 15) is 35.4 Å². The molecule has 1 unspecified atom stereocenters. The molecule has 3 aromatic rings. The van der Waals surface area contributed by atoms with Crippen LogP contribution in [0.4, 0.5) is 17.6 Å². The van der Waals surface area contributed by atoms with Gasteiger partial charge in [-0.05, 0) is 18.2 Å². The molecule has 2 aromatic carbocycles. The van der Waals surface area contributed by atoms with Crippen LogP contribution in [0.1, 0.15) is 18.4 Å². The van der Waals surface area contributed by atoms with Crippen molar-refractivity contribution >= 4 is 80.1 Å². The highest BCUT2D eigenvalue weighted by molar-refractivity contribution is 7.92. The number of benzene rings is 2. The molecule has 1 atom stereocenters. The number of carboxylic acid groups (broad SMARTS) is 1. The molecule has 3 rings (SSSR count). The number of hydrogen-bond acceptors (Lipinski definition) is 11. The second-order valence-corrected chi connectivity index (χ2v) is 15.3. The largest absolute Gasteiger partial charge is 0.768 e. The number of carbonyl (C=O) groups excluding carboxylic acids is 1. The summed E-state index contributed by atoms with van der Waals surface area (Å²) in [5.41, 5.74) is 21.2. The lowest BCUT2D eigenvalue weighted by atomic mass is 10.2. The van der Waals surface area contributed by atoms with Crippen molar-refractivity contribution in [1.29, 1.82) is 5.26 Å². The lowest BCUT2D eigenvalue weighted by molar-refractivity contribution is -0.460. The maximum atomic E-state index is 13.8. The third-order valence-corrected chi connectivity index (χ3v) is 10.9. The van der Waals surface area contributed by atoms with Gasteiger partial charge in [0, 0.05) is 24.3 Å². The number of nitrogens with one attached hydrogen (secondary N) is 3. The van der Waals surface area contributed by atoms with E-state index in [0.717, 1.165) is 12.1 Å². The average Bonchev–Trinajstić information content (AvgIpc) is 3.50. The first kappa shape index (κ1) is 43.9. The zero-order chi connectivity index (χ0) is 39.4. The van der Waals surface area contributed by atoms with Crippen molar-refractivity contribution in [1.82, 2.24) is 4.72 Å². The number of guanidine groups is 2. The number of sulfonamides is 1. The molecule has 0 radical (unpaired) electrons. The summed E-state index contributed by atoms with van der Waals surface area (Å²) in [7, 11) is -9.37. The molecule has 0 bridgehead atoms. The lowest BCUT2D eigenvalue weighted by Crippen LogP contribution is -2.78. The van der Waals surface area contributed by atoms with Crippen LogP contribution in [0, 0.1) is 17.1 Å². The number of hydrogen-bond donors (Lipinski definition) is 7. The van der Waals surface area contributed by atoms with Crippen LogP contribution in [0.3, 0.4) is 0 Å². The summed E-state index contributed by atoms with van der Waals surface area (Å²) < 4.78 is 102. The van der Waals surface area contributed by atoms with Crippen molar-refractivity contribution in [3.63, 3.8) is 0 Å². The van der Waals surface area contributed by atoms with Crippen LogP contribution in [-0.4, -0.2) is 65.1 Å². The predicted molar refractivity (Wildman–Crippen MR) is 176 cm³/mol. The van der Waals surface area contributed by atoms with Gasteiger partial charge in [0.05, 0.1) is 47.9 Å². The molecule has 0 aliphatic rings. The predicted octanol–water partition coefficient (Wildman–Crippen LogP) is -2.37. The smallest absolute Gasteiger partial charge is 0.430 e. The van der Waals surface area contributed by atoms with Gasteiger partial charge in [0.15, 0.2) is 19.1 Å². The number of nitrogens with two attached hydrogens (primary N) is 4. The van der Waals surface area contributed by atoms with Crippen LogP contribution in [0.25, 0.3) is 10.1 Å². The highest BCUT2D eigenvalue weighted by Crippen LogP contribution is 2.51. The van der Waals surface area contributed by atoms with Crippen LogP contribution in [0.2, 0.25) is 10.0 Å². The van der Waals surface area contributed by atoms with Gasteiger partial charge in [-0.15, -0.1) is 11.3 Å². The van der Waals surface area contributed by atoms with Gasteiger partial charge in [-0.2, -0.15) is 18.4 Å². The average molecular weight is 840 g/mol. The van der Waals surface area contributed by atoms with Crippen molar-refractivity contribution in [2.24, 2.45) is 22.9 Å². The minimum absolute atomic E-state index is 0.00158. The van der Waals surface area contributed by atoms with Gasteiger partial charge in [-0.3, -0.25) is 37.5 Å². The Morgan fingerprint density at radius 2 is 1.54 bits per heavy atom. The van der Waals surface area contributed by atoms with Crippen molar-refractivity contribution < 1.29 is 69.3 Å². The summed E-state index contributed by atoms with van der Waals surface area (Å²) in [6.07, 6.45) is -5.48. The number of rotatable bonds is 16. The maximum Gasteiger partial charge on any atom is 0.430 e. The van der Waals surface area contributed by atoms with Crippen LogP contribution >= 0.6 is 42.1 Å². The first-order chi connectivity index (χ1) is 24.1. The fourth-order valence-corrected chi connectivity index (χ4v) is 8.17. The normalized spacial score (nSPS) is 12.4. The molecule has 0 saturated heterocycles. The maximum absolute atomic E-state index is 13.8. The lowest BCUT2D eigenvalue weighted by Gasteiger charge is -2.24. The van der Waals surface area contributed by atoms with Crippen LogP contribution in [0.15, 0.2) is 28.5 Å². The highest BCUT2D eigenvalue weighted by atomic mass is 35.5. The molecule has 26 heteroatoms. The molecule has 52 heavy (non-hydrogen) atoms. The summed E-state index contributed by atoms with van der Waals surface area (Å²) in [6.45, 7) is 1.01. The SMILES string of the molecule is N#Cc1ccc(OP(=O)([O-])CNS(=O)(=O)c2cc3c(Cl)c(OCCC[NH+]=C(N)N)c(OCCC[NH+]=C(N)N)c(Cl)c3s2)cc1F.O=C([O-])C(F)(F)F. The molecule has 0 fully saturated rings. The van der Waals surface area contributed by atoms with Crippen LogP contribution in [0.5, 0.6) is 17.2 Å². The molecule has 0 amide bonds. The van der Waals surface area contributed by atoms with E-state index >= 15 is 0 Å². The number of alkyl halides is 3. The van der Waals surface area contributed by atoms with E-state index in [1.165, 1.54) is 6.07 Å². The topological polar surface area (TPSA) is 310 Å². The number of nitriles is 1. The Labute approximate surface area is 306 Å². The number of ether oxygens (including phenoxy) is 2. The number of carboxylic acids is 1. The third-order valence-electron chi connectivity index (χ3n) is 5.79. The quantitative estimate of drug-likeness (QED) is 0.0261. The second kappa shape index (κ2) is 19.0. The number of nitrogens with zero attached hydrogens (tertiary/aromatic N) is 1. The monoisotopic (exact) mass is 838 g/mol. The summed E-state index contributed by atoms with van der Waals surface area (Å²) in [6, 6.07) is 5.56. The zero-order valence-electron chi connectivity index (χ0n) is 26.2. The third kappa shape index (κ3) is 13.4. The highest BCUT2D eigenvalue weighted by Gasteiger charge is 2.29. The van der Waals surface area contributed by atoms with E-state index < -0.39 is 47.6 Å². The number of aliphatic carboxylic acids is 1. The van der Waals surface area contributed by atoms with Gasteiger partial charge in [-0.1, -0.05) is 23.2 Å². The molecular formula is C26H29Cl2F4N8O9PS2. The van der Waals surface area contributed by atoms with E-state index in [2.05, 4.69) is 9.98 Å². The Hall–Kier alpha value is -4.30. The molecule has 0 aliphatic carbocycles. The van der Waals surface area contributed by atoms with E-state index in [0.29, 0.717) is 43.3 Å². The zero-order valence-corrected chi connectivity index (χ0v) is 30.3. The Morgan fingerprint density at radius 1 is 1.02 bits per heavy atom. The molecule has 286 valence electrons. The van der Waals surface area contributed by atoms with Crippen molar-refractivity contribution in [3.8, 4) is 23.3 Å². The van der Waals surface area contributed by atoms with Gasteiger partial charge in [0.25, 0.3) is 10.0 Å². The van der Waals surface area contributed by atoms with E-state index in [-0.39, 0.29) is 66.5 Å². The molecule has 0 spiro atoms. The molecule has 1 heterocycles. The second-order valence-electron chi connectivity index (χ2n) is 9.81. The van der Waals surface area contributed by atoms with Gasteiger partial charge in [0.2, 0.25) is 0 Å². The molecule has 1 aromatic heterocycles. The Kier molecular flexibility index (Phi) is 16.0. The van der Waals surface area contributed by atoms with E-state index in [1.54, 1.807) is 6.07 Å². The number of halogens is 6. The number of carbonyl (C=O) groups is 1. The Bertz CT molecular complexity index is 1950. The summed E-state index contributed by atoms with van der Waals surface area (Å²) in [5, 5.41) is 17.8. The molecule has 11 N–H and O–H groups in total. The number of thiophene rings is 1.